The first kappa shape index (κ1) is 14.8. The fourth-order valence-corrected chi connectivity index (χ4v) is 2.38. The van der Waals surface area contributed by atoms with Crippen LogP contribution in [0.15, 0.2) is 24.3 Å². The van der Waals surface area contributed by atoms with E-state index in [1.807, 2.05) is 24.3 Å². The van der Waals surface area contributed by atoms with Gasteiger partial charge in [-0.15, -0.1) is 0 Å². The Balaban J connectivity index is 1.69. The molecule has 1 aromatic rings. The van der Waals surface area contributed by atoms with Gasteiger partial charge in [-0.3, -0.25) is 10.2 Å². The van der Waals surface area contributed by atoms with Crippen molar-refractivity contribution >= 4 is 11.8 Å². The van der Waals surface area contributed by atoms with Gasteiger partial charge in [-0.2, -0.15) is 0 Å². The Labute approximate surface area is 120 Å². The maximum atomic E-state index is 11.7. The van der Waals surface area contributed by atoms with Crippen LogP contribution in [0.25, 0.3) is 0 Å². The number of carbonyl (C=O) groups is 1. The van der Waals surface area contributed by atoms with Crippen molar-refractivity contribution in [3.63, 3.8) is 0 Å². The number of hydrogen-bond acceptors (Lipinski definition) is 4. The fourth-order valence-electron chi connectivity index (χ4n) is 2.38. The van der Waals surface area contributed by atoms with E-state index in [0.29, 0.717) is 13.2 Å². The molecule has 0 radical (unpaired) electrons. The molecule has 1 saturated heterocycles. The van der Waals surface area contributed by atoms with E-state index in [1.54, 1.807) is 0 Å². The summed E-state index contributed by atoms with van der Waals surface area (Å²) < 4.78 is 5.20. The lowest BCUT2D eigenvalue weighted by atomic mass is 10.1. The minimum absolute atomic E-state index is 0.406. The molecular formula is C15H23N3O2. The average Bonchev–Trinajstić information content (AvgIpc) is 2.48. The molecule has 0 saturated carbocycles. The summed E-state index contributed by atoms with van der Waals surface area (Å²) in [6.07, 6.45) is 3.40. The van der Waals surface area contributed by atoms with Gasteiger partial charge in [0.2, 0.25) is 0 Å². The fraction of sp³-hybridized carbons (Fsp3) is 0.533. The Bertz CT molecular complexity index is 431. The highest BCUT2D eigenvalue weighted by Gasteiger charge is 2.10. The van der Waals surface area contributed by atoms with E-state index < -0.39 is 6.09 Å². The Morgan fingerprint density at radius 3 is 2.85 bits per heavy atom. The number of rotatable bonds is 5. The van der Waals surface area contributed by atoms with Gasteiger partial charge in [0.1, 0.15) is 6.61 Å². The summed E-state index contributed by atoms with van der Waals surface area (Å²) in [6, 6.07) is 7.47. The van der Waals surface area contributed by atoms with Gasteiger partial charge in [-0.1, -0.05) is 18.6 Å². The number of nitrogens with zero attached hydrogens (tertiary/aromatic N) is 1. The van der Waals surface area contributed by atoms with E-state index in [-0.39, 0.29) is 0 Å². The number of piperidine rings is 1. The molecule has 2 rings (SSSR count). The third-order valence-corrected chi connectivity index (χ3v) is 3.50. The van der Waals surface area contributed by atoms with E-state index in [1.165, 1.54) is 19.3 Å². The van der Waals surface area contributed by atoms with E-state index in [2.05, 4.69) is 10.2 Å². The summed E-state index contributed by atoms with van der Waals surface area (Å²) in [5.74, 6) is 0. The first-order valence-electron chi connectivity index (χ1n) is 7.23. The highest BCUT2D eigenvalue weighted by atomic mass is 16.5. The molecule has 1 aliphatic rings. The first-order valence-corrected chi connectivity index (χ1v) is 7.23. The molecular weight excluding hydrogens is 254 g/mol. The second-order valence-corrected chi connectivity index (χ2v) is 5.07. The highest BCUT2D eigenvalue weighted by Crippen LogP contribution is 2.11. The molecule has 0 spiro atoms. The topological polar surface area (TPSA) is 67.6 Å². The number of ether oxygens (including phenoxy) is 1. The summed E-state index contributed by atoms with van der Waals surface area (Å²) in [5.41, 5.74) is 7.26. The molecule has 5 nitrogen and oxygen atoms in total. The second kappa shape index (κ2) is 7.87. The maximum Gasteiger partial charge on any atom is 0.411 e. The third kappa shape index (κ3) is 4.83. The van der Waals surface area contributed by atoms with E-state index in [4.69, 9.17) is 10.5 Å². The molecule has 20 heavy (non-hydrogen) atoms. The van der Waals surface area contributed by atoms with Crippen LogP contribution in [0, 0.1) is 0 Å². The van der Waals surface area contributed by atoms with E-state index in [9.17, 15) is 4.79 Å². The Hall–Kier alpha value is -1.59. The number of carbonyl (C=O) groups excluding carboxylic acids is 1. The molecule has 1 aromatic carbocycles. The monoisotopic (exact) mass is 277 g/mol. The van der Waals surface area contributed by atoms with Crippen LogP contribution in [-0.4, -0.2) is 37.2 Å². The summed E-state index contributed by atoms with van der Waals surface area (Å²) in [7, 11) is 0. The molecule has 1 fully saturated rings. The standard InChI is InChI=1S/C15H23N3O2/c16-12-13-5-4-6-14(11-13)17-15(19)20-10-9-18-7-2-1-3-8-18/h4-6,11H,1-3,7-10,12,16H2,(H,17,19). The van der Waals surface area contributed by atoms with Crippen molar-refractivity contribution in [1.29, 1.82) is 0 Å². The zero-order valence-corrected chi connectivity index (χ0v) is 11.8. The molecule has 0 atom stereocenters. The zero-order chi connectivity index (χ0) is 14.2. The van der Waals surface area contributed by atoms with Crippen LogP contribution in [0.5, 0.6) is 0 Å². The molecule has 1 amide bonds. The quantitative estimate of drug-likeness (QED) is 0.865. The number of nitrogens with one attached hydrogen (secondary N) is 1. The van der Waals surface area contributed by atoms with E-state index in [0.717, 1.165) is 30.9 Å². The first-order chi connectivity index (χ1) is 9.78. The predicted molar refractivity (Wildman–Crippen MR) is 79.6 cm³/mol. The van der Waals surface area contributed by atoms with Gasteiger partial charge in [0.15, 0.2) is 0 Å². The zero-order valence-electron chi connectivity index (χ0n) is 11.8. The van der Waals surface area contributed by atoms with Crippen molar-refractivity contribution < 1.29 is 9.53 Å². The van der Waals surface area contributed by atoms with Gasteiger partial charge >= 0.3 is 6.09 Å². The highest BCUT2D eigenvalue weighted by molar-refractivity contribution is 5.84. The lowest BCUT2D eigenvalue weighted by Crippen LogP contribution is -2.33. The number of likely N-dealkylation sites (tertiary alicyclic amines) is 1. The smallest absolute Gasteiger partial charge is 0.411 e. The number of benzene rings is 1. The third-order valence-electron chi connectivity index (χ3n) is 3.50. The molecule has 1 heterocycles. The van der Waals surface area contributed by atoms with Crippen molar-refractivity contribution in [2.75, 3.05) is 31.6 Å². The second-order valence-electron chi connectivity index (χ2n) is 5.07. The summed E-state index contributed by atoms with van der Waals surface area (Å²) >= 11 is 0. The maximum absolute atomic E-state index is 11.7. The van der Waals surface area contributed by atoms with Gasteiger partial charge in [-0.05, 0) is 43.6 Å². The van der Waals surface area contributed by atoms with Gasteiger partial charge in [0.05, 0.1) is 0 Å². The van der Waals surface area contributed by atoms with Crippen LogP contribution in [-0.2, 0) is 11.3 Å². The molecule has 1 aliphatic heterocycles. The lowest BCUT2D eigenvalue weighted by molar-refractivity contribution is 0.131. The molecule has 5 heteroatoms. The van der Waals surface area contributed by atoms with Crippen LogP contribution in [0.2, 0.25) is 0 Å². The minimum Gasteiger partial charge on any atom is -0.448 e. The van der Waals surface area contributed by atoms with Crippen molar-refractivity contribution in [1.82, 2.24) is 4.90 Å². The summed E-state index contributed by atoms with van der Waals surface area (Å²) in [6.45, 7) is 3.94. The number of nitrogens with two attached hydrogens (primary N) is 1. The van der Waals surface area contributed by atoms with Crippen LogP contribution >= 0.6 is 0 Å². The van der Waals surface area contributed by atoms with Gasteiger partial charge in [0, 0.05) is 18.8 Å². The Morgan fingerprint density at radius 1 is 1.30 bits per heavy atom. The van der Waals surface area contributed by atoms with Crippen molar-refractivity contribution in [2.45, 2.75) is 25.8 Å². The minimum atomic E-state index is -0.406. The number of hydrogen-bond donors (Lipinski definition) is 2. The molecule has 110 valence electrons. The van der Waals surface area contributed by atoms with Crippen LogP contribution in [0.1, 0.15) is 24.8 Å². The van der Waals surface area contributed by atoms with E-state index >= 15 is 0 Å². The summed E-state index contributed by atoms with van der Waals surface area (Å²) in [4.78, 5) is 14.0. The van der Waals surface area contributed by atoms with Crippen molar-refractivity contribution in [2.24, 2.45) is 5.73 Å². The average molecular weight is 277 g/mol. The van der Waals surface area contributed by atoms with Crippen molar-refractivity contribution in [3.8, 4) is 0 Å². The molecule has 0 aromatic heterocycles. The number of anilines is 1. The van der Waals surface area contributed by atoms with Gasteiger partial charge < -0.3 is 10.5 Å². The predicted octanol–water partition coefficient (Wildman–Crippen LogP) is 2.18. The SMILES string of the molecule is NCc1cccc(NC(=O)OCCN2CCCCC2)c1. The summed E-state index contributed by atoms with van der Waals surface area (Å²) in [5, 5.41) is 2.72. The largest absolute Gasteiger partial charge is 0.448 e. The molecule has 0 unspecified atom stereocenters. The molecule has 0 aliphatic carbocycles. The number of amides is 1. The van der Waals surface area contributed by atoms with Gasteiger partial charge in [-0.25, -0.2) is 4.79 Å². The lowest BCUT2D eigenvalue weighted by Gasteiger charge is -2.25. The normalized spacial score (nSPS) is 15.8. The Kier molecular flexibility index (Phi) is 5.83. The molecule has 0 bridgehead atoms. The van der Waals surface area contributed by atoms with Crippen LogP contribution < -0.4 is 11.1 Å². The Morgan fingerprint density at radius 2 is 2.10 bits per heavy atom. The van der Waals surface area contributed by atoms with Crippen molar-refractivity contribution in [3.05, 3.63) is 29.8 Å². The van der Waals surface area contributed by atoms with Gasteiger partial charge in [0.25, 0.3) is 0 Å². The van der Waals surface area contributed by atoms with Crippen LogP contribution in [0.3, 0.4) is 0 Å². The van der Waals surface area contributed by atoms with Crippen LogP contribution in [0.4, 0.5) is 10.5 Å². The molecule has 3 N–H and O–H groups in total.